The smallest absolute Gasteiger partial charge is 0.229 e. The van der Waals surface area contributed by atoms with Crippen LogP contribution in [0.3, 0.4) is 0 Å². The first kappa shape index (κ1) is 23.5. The zero-order valence-electron chi connectivity index (χ0n) is 19.8. The minimum Gasteiger partial charge on any atom is -0.352 e. The Labute approximate surface area is 197 Å². The van der Waals surface area contributed by atoms with Gasteiger partial charge in [0.15, 0.2) is 0 Å². The van der Waals surface area contributed by atoms with E-state index < -0.39 is 0 Å². The number of amides is 2. The van der Waals surface area contributed by atoms with E-state index in [1.54, 1.807) is 4.90 Å². The van der Waals surface area contributed by atoms with Gasteiger partial charge < -0.3 is 10.2 Å². The summed E-state index contributed by atoms with van der Waals surface area (Å²) in [6.45, 7) is 3.82. The van der Waals surface area contributed by atoms with Gasteiger partial charge in [0.25, 0.3) is 0 Å². The first-order chi connectivity index (χ1) is 16.0. The summed E-state index contributed by atoms with van der Waals surface area (Å²) < 4.78 is 0. The van der Waals surface area contributed by atoms with Crippen LogP contribution in [0.15, 0.2) is 54.6 Å². The first-order valence-corrected chi connectivity index (χ1v) is 12.1. The molecule has 1 heterocycles. The first-order valence-electron chi connectivity index (χ1n) is 12.1. The van der Waals surface area contributed by atoms with E-state index in [9.17, 15) is 9.59 Å². The Morgan fingerprint density at radius 3 is 2.39 bits per heavy atom. The molecule has 2 aromatic rings. The molecule has 1 saturated carbocycles. The van der Waals surface area contributed by atoms with Gasteiger partial charge in [0, 0.05) is 32.1 Å². The van der Waals surface area contributed by atoms with E-state index in [2.05, 4.69) is 35.2 Å². The SMILES string of the molecule is CN(Cc1ccccc1)C(=O)C1CNNC1c1ccc(CNC(=O)C2(C)CCCCC2)cc1. The fourth-order valence-electron chi connectivity index (χ4n) is 5.06. The molecule has 0 aromatic heterocycles. The summed E-state index contributed by atoms with van der Waals surface area (Å²) >= 11 is 0. The Morgan fingerprint density at radius 2 is 1.70 bits per heavy atom. The largest absolute Gasteiger partial charge is 0.352 e. The van der Waals surface area contributed by atoms with Gasteiger partial charge in [-0.05, 0) is 29.5 Å². The maximum Gasteiger partial charge on any atom is 0.229 e. The molecule has 1 saturated heterocycles. The number of hydrazine groups is 1. The number of hydrogen-bond acceptors (Lipinski definition) is 4. The Balaban J connectivity index is 1.34. The molecule has 2 unspecified atom stereocenters. The third-order valence-corrected chi connectivity index (χ3v) is 7.24. The molecule has 2 atom stereocenters. The number of rotatable bonds is 7. The quantitative estimate of drug-likeness (QED) is 0.604. The summed E-state index contributed by atoms with van der Waals surface area (Å²) in [5, 5.41) is 3.14. The van der Waals surface area contributed by atoms with Crippen LogP contribution >= 0.6 is 0 Å². The molecule has 4 rings (SSSR count). The average molecular weight is 449 g/mol. The van der Waals surface area contributed by atoms with Crippen LogP contribution in [0.25, 0.3) is 0 Å². The van der Waals surface area contributed by atoms with Crippen molar-refractivity contribution in [2.45, 2.75) is 58.2 Å². The molecule has 2 aromatic carbocycles. The van der Waals surface area contributed by atoms with E-state index in [4.69, 9.17) is 0 Å². The Kier molecular flexibility index (Phi) is 7.46. The highest BCUT2D eigenvalue weighted by Gasteiger charge is 2.36. The second-order valence-electron chi connectivity index (χ2n) is 9.83. The molecular formula is C27H36N4O2. The fourth-order valence-corrected chi connectivity index (χ4v) is 5.06. The summed E-state index contributed by atoms with van der Waals surface area (Å²) in [6, 6.07) is 18.2. The summed E-state index contributed by atoms with van der Waals surface area (Å²) in [5.74, 6) is 0.119. The van der Waals surface area contributed by atoms with Crippen LogP contribution in [0.1, 0.15) is 61.8 Å². The molecule has 3 N–H and O–H groups in total. The van der Waals surface area contributed by atoms with E-state index in [1.807, 2.05) is 49.5 Å². The van der Waals surface area contributed by atoms with Crippen LogP contribution in [-0.4, -0.2) is 30.3 Å². The molecule has 2 amide bonds. The third kappa shape index (κ3) is 5.63. The van der Waals surface area contributed by atoms with E-state index in [1.165, 1.54) is 6.42 Å². The van der Waals surface area contributed by atoms with Crippen LogP contribution in [-0.2, 0) is 22.7 Å². The number of hydrogen-bond donors (Lipinski definition) is 3. The maximum absolute atomic E-state index is 13.2. The van der Waals surface area contributed by atoms with Crippen molar-refractivity contribution in [1.29, 1.82) is 0 Å². The van der Waals surface area contributed by atoms with Crippen molar-refractivity contribution in [3.05, 3.63) is 71.3 Å². The minimum absolute atomic E-state index is 0.0829. The van der Waals surface area contributed by atoms with Crippen LogP contribution < -0.4 is 16.2 Å². The van der Waals surface area contributed by atoms with E-state index in [0.717, 1.165) is 42.4 Å². The highest BCUT2D eigenvalue weighted by atomic mass is 16.2. The van der Waals surface area contributed by atoms with Crippen molar-refractivity contribution in [2.24, 2.45) is 11.3 Å². The minimum atomic E-state index is -0.225. The van der Waals surface area contributed by atoms with Crippen molar-refractivity contribution < 1.29 is 9.59 Å². The highest BCUT2D eigenvalue weighted by Crippen LogP contribution is 2.36. The van der Waals surface area contributed by atoms with Crippen molar-refractivity contribution in [3.8, 4) is 0 Å². The molecule has 0 bridgehead atoms. The Hall–Kier alpha value is -2.70. The number of nitrogens with one attached hydrogen (secondary N) is 3. The molecule has 1 aliphatic carbocycles. The Bertz CT molecular complexity index is 938. The van der Waals surface area contributed by atoms with Gasteiger partial charge in [0.2, 0.25) is 11.8 Å². The monoisotopic (exact) mass is 448 g/mol. The van der Waals surface area contributed by atoms with Crippen molar-refractivity contribution in [3.63, 3.8) is 0 Å². The van der Waals surface area contributed by atoms with E-state index >= 15 is 0 Å². The lowest BCUT2D eigenvalue weighted by Crippen LogP contribution is -2.39. The predicted octanol–water partition coefficient (Wildman–Crippen LogP) is 3.70. The second kappa shape index (κ2) is 10.5. The molecular weight excluding hydrogens is 412 g/mol. The molecule has 6 heteroatoms. The maximum atomic E-state index is 13.2. The Morgan fingerprint density at radius 1 is 1.00 bits per heavy atom. The second-order valence-corrected chi connectivity index (χ2v) is 9.83. The van der Waals surface area contributed by atoms with Gasteiger partial charge in [-0.25, -0.2) is 5.43 Å². The lowest BCUT2D eigenvalue weighted by Gasteiger charge is -2.32. The number of benzene rings is 2. The fraction of sp³-hybridized carbons (Fsp3) is 0.481. The molecule has 33 heavy (non-hydrogen) atoms. The van der Waals surface area contributed by atoms with Gasteiger partial charge in [0.05, 0.1) is 12.0 Å². The van der Waals surface area contributed by atoms with Gasteiger partial charge in [0.1, 0.15) is 0 Å². The zero-order valence-corrected chi connectivity index (χ0v) is 19.8. The summed E-state index contributed by atoms with van der Waals surface area (Å²) in [5.41, 5.74) is 9.47. The summed E-state index contributed by atoms with van der Waals surface area (Å²) in [6.07, 6.45) is 5.47. The summed E-state index contributed by atoms with van der Waals surface area (Å²) in [7, 11) is 1.86. The molecule has 2 fully saturated rings. The van der Waals surface area contributed by atoms with E-state index in [-0.39, 0.29) is 29.2 Å². The highest BCUT2D eigenvalue weighted by molar-refractivity contribution is 5.82. The zero-order chi connectivity index (χ0) is 23.3. The van der Waals surface area contributed by atoms with E-state index in [0.29, 0.717) is 19.6 Å². The molecule has 176 valence electrons. The van der Waals surface area contributed by atoms with Crippen LogP contribution in [0.2, 0.25) is 0 Å². The van der Waals surface area contributed by atoms with Gasteiger partial charge in [-0.15, -0.1) is 0 Å². The van der Waals surface area contributed by atoms with Crippen LogP contribution in [0.5, 0.6) is 0 Å². The van der Waals surface area contributed by atoms with Gasteiger partial charge in [-0.3, -0.25) is 15.0 Å². The number of carbonyl (C=O) groups excluding carboxylic acids is 2. The number of carbonyl (C=O) groups is 2. The standard InChI is InChI=1S/C27H36N4O2/c1-27(15-7-4-8-16-27)26(33)28-17-20-11-13-22(14-12-20)24-23(18-29-30-24)25(32)31(2)19-21-9-5-3-6-10-21/h3,5-6,9-14,23-24,29-30H,4,7-8,15-19H2,1-2H3,(H,28,33). The normalized spacial score (nSPS) is 22.0. The van der Waals surface area contributed by atoms with Crippen LogP contribution in [0, 0.1) is 11.3 Å². The topological polar surface area (TPSA) is 73.5 Å². The van der Waals surface area contributed by atoms with Gasteiger partial charge >= 0.3 is 0 Å². The number of nitrogens with zero attached hydrogens (tertiary/aromatic N) is 1. The van der Waals surface area contributed by atoms with Crippen molar-refractivity contribution >= 4 is 11.8 Å². The molecule has 6 nitrogen and oxygen atoms in total. The lowest BCUT2D eigenvalue weighted by atomic mass is 9.75. The molecule has 0 radical (unpaired) electrons. The lowest BCUT2D eigenvalue weighted by molar-refractivity contribution is -0.134. The summed E-state index contributed by atoms with van der Waals surface area (Å²) in [4.78, 5) is 27.7. The average Bonchev–Trinajstić information content (AvgIpc) is 3.33. The predicted molar refractivity (Wildman–Crippen MR) is 130 cm³/mol. The van der Waals surface area contributed by atoms with Crippen LogP contribution in [0.4, 0.5) is 0 Å². The van der Waals surface area contributed by atoms with Gasteiger partial charge in [-0.1, -0.05) is 80.8 Å². The third-order valence-electron chi connectivity index (χ3n) is 7.24. The van der Waals surface area contributed by atoms with Crippen molar-refractivity contribution in [2.75, 3.05) is 13.6 Å². The molecule has 1 aliphatic heterocycles. The van der Waals surface area contributed by atoms with Gasteiger partial charge in [-0.2, -0.15) is 0 Å². The molecule has 0 spiro atoms. The van der Waals surface area contributed by atoms with Crippen molar-refractivity contribution in [1.82, 2.24) is 21.1 Å². The molecule has 2 aliphatic rings.